The third-order valence-corrected chi connectivity index (χ3v) is 4.51. The fraction of sp³-hybridized carbons (Fsp3) is 0.273. The fourth-order valence-electron chi connectivity index (χ4n) is 3.24. The van der Waals surface area contributed by atoms with Gasteiger partial charge in [-0.1, -0.05) is 38.1 Å². The fourth-order valence-corrected chi connectivity index (χ4v) is 3.24. The number of nitrogens with one attached hydrogen (secondary N) is 2. The maximum absolute atomic E-state index is 12.1. The second-order valence-electron chi connectivity index (χ2n) is 6.62. The van der Waals surface area contributed by atoms with Crippen molar-refractivity contribution in [2.75, 3.05) is 10.6 Å². The van der Waals surface area contributed by atoms with Crippen molar-refractivity contribution in [3.63, 3.8) is 0 Å². The maximum atomic E-state index is 12.1. The lowest BCUT2D eigenvalue weighted by atomic mass is 9.99. The van der Waals surface area contributed by atoms with Crippen LogP contribution in [0.15, 0.2) is 42.5 Å². The molecule has 0 spiro atoms. The highest BCUT2D eigenvalue weighted by molar-refractivity contribution is 6.15. The van der Waals surface area contributed by atoms with Gasteiger partial charge in [0, 0.05) is 45.8 Å². The minimum atomic E-state index is -0.0610. The van der Waals surface area contributed by atoms with Gasteiger partial charge in [-0.2, -0.15) is 0 Å². The zero-order chi connectivity index (χ0) is 19.4. The smallest absolute Gasteiger partial charge is 0.224 e. The number of aromatic hydroxyl groups is 1. The first-order valence-corrected chi connectivity index (χ1v) is 9.32. The molecular weight excluding hydrogens is 340 g/mol. The highest BCUT2D eigenvalue weighted by Gasteiger charge is 2.14. The summed E-state index contributed by atoms with van der Waals surface area (Å²) in [6, 6.07) is 12.8. The summed E-state index contributed by atoms with van der Waals surface area (Å²) in [5.41, 5.74) is 1.30. The van der Waals surface area contributed by atoms with Crippen LogP contribution < -0.4 is 10.6 Å². The van der Waals surface area contributed by atoms with E-state index in [1.165, 1.54) is 0 Å². The van der Waals surface area contributed by atoms with Gasteiger partial charge in [-0.05, 0) is 31.0 Å². The number of fused-ring (bicyclic) bond motifs is 2. The quantitative estimate of drug-likeness (QED) is 0.528. The number of amides is 2. The Bertz CT molecular complexity index is 933. The van der Waals surface area contributed by atoms with E-state index >= 15 is 0 Å². The summed E-state index contributed by atoms with van der Waals surface area (Å²) in [4.78, 5) is 24.1. The first kappa shape index (κ1) is 18.7. The Morgan fingerprint density at radius 2 is 1.22 bits per heavy atom. The molecule has 0 atom stereocenters. The molecule has 0 fully saturated rings. The van der Waals surface area contributed by atoms with E-state index in [0.29, 0.717) is 35.0 Å². The number of hydrogen-bond donors (Lipinski definition) is 3. The van der Waals surface area contributed by atoms with E-state index in [4.69, 9.17) is 0 Å². The number of phenolic OH excluding ortho intramolecular Hbond substituents is 1. The van der Waals surface area contributed by atoms with Gasteiger partial charge in [-0.25, -0.2) is 0 Å². The highest BCUT2D eigenvalue weighted by Crippen LogP contribution is 2.39. The van der Waals surface area contributed by atoms with Gasteiger partial charge in [0.15, 0.2) is 0 Å². The summed E-state index contributed by atoms with van der Waals surface area (Å²) in [6.45, 7) is 3.90. The van der Waals surface area contributed by atoms with Gasteiger partial charge < -0.3 is 15.7 Å². The maximum Gasteiger partial charge on any atom is 0.224 e. The van der Waals surface area contributed by atoms with Crippen LogP contribution in [0.2, 0.25) is 0 Å². The van der Waals surface area contributed by atoms with E-state index in [2.05, 4.69) is 10.6 Å². The van der Waals surface area contributed by atoms with Crippen molar-refractivity contribution in [2.24, 2.45) is 0 Å². The molecule has 3 aromatic carbocycles. The van der Waals surface area contributed by atoms with Crippen molar-refractivity contribution in [1.82, 2.24) is 0 Å². The molecule has 0 saturated heterocycles. The van der Waals surface area contributed by atoms with E-state index in [1.807, 2.05) is 56.3 Å². The Kier molecular flexibility index (Phi) is 5.60. The van der Waals surface area contributed by atoms with Crippen molar-refractivity contribution in [3.05, 3.63) is 42.5 Å². The molecule has 3 aromatic rings. The van der Waals surface area contributed by atoms with Crippen LogP contribution in [0.1, 0.15) is 39.5 Å². The van der Waals surface area contributed by atoms with E-state index in [9.17, 15) is 14.7 Å². The number of hydrogen-bond acceptors (Lipinski definition) is 3. The lowest BCUT2D eigenvalue weighted by Gasteiger charge is -2.14. The monoisotopic (exact) mass is 364 g/mol. The molecule has 0 aliphatic heterocycles. The molecule has 0 saturated carbocycles. The molecule has 5 heteroatoms. The third kappa shape index (κ3) is 3.87. The van der Waals surface area contributed by atoms with E-state index in [-0.39, 0.29) is 17.6 Å². The molecule has 27 heavy (non-hydrogen) atoms. The van der Waals surface area contributed by atoms with Crippen molar-refractivity contribution >= 4 is 44.7 Å². The average molecular weight is 364 g/mol. The van der Waals surface area contributed by atoms with Gasteiger partial charge in [-0.3, -0.25) is 9.59 Å². The Labute approximate surface area is 158 Å². The molecular formula is C22H24N2O3. The third-order valence-electron chi connectivity index (χ3n) is 4.51. The lowest BCUT2D eigenvalue weighted by molar-refractivity contribution is -0.117. The predicted octanol–water partition coefficient (Wildman–Crippen LogP) is 5.18. The van der Waals surface area contributed by atoms with Crippen molar-refractivity contribution in [3.8, 4) is 5.75 Å². The number of anilines is 2. The second kappa shape index (κ2) is 8.08. The van der Waals surface area contributed by atoms with Gasteiger partial charge in [0.25, 0.3) is 0 Å². The largest absolute Gasteiger partial charge is 0.507 e. The first-order chi connectivity index (χ1) is 13.0. The molecule has 0 aliphatic rings. The molecule has 0 aliphatic carbocycles. The van der Waals surface area contributed by atoms with E-state index in [0.717, 1.165) is 23.6 Å². The molecule has 0 heterocycles. The van der Waals surface area contributed by atoms with E-state index < -0.39 is 0 Å². The zero-order valence-corrected chi connectivity index (χ0v) is 15.6. The minimum Gasteiger partial charge on any atom is -0.507 e. The summed E-state index contributed by atoms with van der Waals surface area (Å²) >= 11 is 0. The summed E-state index contributed by atoms with van der Waals surface area (Å²) in [6.07, 6.45) is 2.40. The average Bonchev–Trinajstić information content (AvgIpc) is 2.64. The van der Waals surface area contributed by atoms with Crippen LogP contribution >= 0.6 is 0 Å². The number of benzene rings is 3. The van der Waals surface area contributed by atoms with E-state index in [1.54, 1.807) is 0 Å². The molecule has 0 unspecified atom stereocenters. The van der Waals surface area contributed by atoms with Crippen LogP contribution in [-0.4, -0.2) is 16.9 Å². The Balaban J connectivity index is 2.16. The Hall–Kier alpha value is -3.08. The summed E-state index contributed by atoms with van der Waals surface area (Å²) in [7, 11) is 0. The van der Waals surface area contributed by atoms with Crippen LogP contribution in [0.25, 0.3) is 21.5 Å². The Morgan fingerprint density at radius 1 is 0.778 bits per heavy atom. The van der Waals surface area contributed by atoms with Crippen molar-refractivity contribution in [1.29, 1.82) is 0 Å². The van der Waals surface area contributed by atoms with Crippen LogP contribution in [0.5, 0.6) is 5.75 Å². The van der Waals surface area contributed by atoms with Crippen LogP contribution in [0.4, 0.5) is 11.4 Å². The number of carbonyl (C=O) groups excluding carboxylic acids is 2. The van der Waals surface area contributed by atoms with Gasteiger partial charge >= 0.3 is 0 Å². The van der Waals surface area contributed by atoms with Crippen molar-refractivity contribution in [2.45, 2.75) is 39.5 Å². The van der Waals surface area contributed by atoms with Crippen LogP contribution in [0.3, 0.4) is 0 Å². The topological polar surface area (TPSA) is 78.4 Å². The minimum absolute atomic E-state index is 0.0610. The number of rotatable bonds is 6. The summed E-state index contributed by atoms with van der Waals surface area (Å²) in [5, 5.41) is 19.5. The molecule has 140 valence electrons. The molecule has 0 aromatic heterocycles. The Morgan fingerprint density at radius 3 is 1.63 bits per heavy atom. The molecule has 2 amide bonds. The summed E-state index contributed by atoms with van der Waals surface area (Å²) in [5.74, 6) is 0.0175. The molecule has 0 bridgehead atoms. The highest BCUT2D eigenvalue weighted by atomic mass is 16.3. The number of carbonyl (C=O) groups is 2. The normalized spacial score (nSPS) is 10.9. The van der Waals surface area contributed by atoms with Gasteiger partial charge in [-0.15, -0.1) is 0 Å². The van der Waals surface area contributed by atoms with Gasteiger partial charge in [0.2, 0.25) is 11.8 Å². The zero-order valence-electron chi connectivity index (χ0n) is 15.6. The van der Waals surface area contributed by atoms with Gasteiger partial charge in [0.05, 0.1) is 0 Å². The molecule has 0 radical (unpaired) electrons. The second-order valence-corrected chi connectivity index (χ2v) is 6.62. The molecule has 3 rings (SSSR count). The van der Waals surface area contributed by atoms with Crippen molar-refractivity contribution < 1.29 is 14.7 Å². The molecule has 3 N–H and O–H groups in total. The SMILES string of the molecule is CCCC(=O)Nc1cccc2c(O)c3cccc(NC(=O)CCC)c3cc12. The first-order valence-electron chi connectivity index (χ1n) is 9.32. The molecule has 5 nitrogen and oxygen atoms in total. The standard InChI is InChI=1S/C22H24N2O3/c1-3-7-20(25)23-18-11-5-9-14-16(18)13-17-15(22(14)27)10-6-12-19(17)24-21(26)8-4-2/h5-6,9-13,27H,3-4,7-8H2,1-2H3,(H,23,25)(H,24,26). The predicted molar refractivity (Wildman–Crippen MR) is 110 cm³/mol. The van der Waals surface area contributed by atoms with Gasteiger partial charge in [0.1, 0.15) is 5.75 Å². The lowest BCUT2D eigenvalue weighted by Crippen LogP contribution is -2.11. The van der Waals surface area contributed by atoms with Crippen LogP contribution in [0, 0.1) is 0 Å². The summed E-state index contributed by atoms with van der Waals surface area (Å²) < 4.78 is 0. The van der Waals surface area contributed by atoms with Crippen LogP contribution in [-0.2, 0) is 9.59 Å². The number of phenols is 1.